The molecular weight excluding hydrogens is 260 g/mol. The van der Waals surface area contributed by atoms with Gasteiger partial charge in [0.15, 0.2) is 0 Å². The van der Waals surface area contributed by atoms with Crippen LogP contribution in [0.2, 0.25) is 0 Å². The van der Waals surface area contributed by atoms with E-state index in [0.717, 1.165) is 0 Å². The van der Waals surface area contributed by atoms with Gasteiger partial charge in [0.2, 0.25) is 0 Å². The molecule has 0 bridgehead atoms. The third kappa shape index (κ3) is 2.51. The maximum atomic E-state index is 12.6. The van der Waals surface area contributed by atoms with E-state index in [0.29, 0.717) is 6.07 Å². The largest absolute Gasteiger partial charge is 0.374 e. The van der Waals surface area contributed by atoms with E-state index < -0.39 is 39.2 Å². The highest BCUT2D eigenvalue weighted by atomic mass is 35.5. The molecule has 17 heavy (non-hydrogen) atoms. The van der Waals surface area contributed by atoms with Gasteiger partial charge >= 0.3 is 5.82 Å². The van der Waals surface area contributed by atoms with Crippen LogP contribution < -0.4 is 0 Å². The molecule has 0 aromatic carbocycles. The Morgan fingerprint density at radius 1 is 1.65 bits per heavy atom. The summed E-state index contributed by atoms with van der Waals surface area (Å²) in [7, 11) is 0. The molecule has 9 heteroatoms. The van der Waals surface area contributed by atoms with Gasteiger partial charge in [-0.3, -0.25) is 4.79 Å². The van der Waals surface area contributed by atoms with E-state index >= 15 is 0 Å². The molecule has 0 saturated heterocycles. The third-order valence-corrected chi connectivity index (χ3v) is 1.96. The van der Waals surface area contributed by atoms with Crippen molar-refractivity contribution in [2.75, 3.05) is 0 Å². The van der Waals surface area contributed by atoms with Crippen molar-refractivity contribution < 1.29 is 18.5 Å². The molecule has 1 heterocycles. The maximum Gasteiger partial charge on any atom is 0.374 e. The lowest BCUT2D eigenvalue weighted by atomic mass is 10.1. The van der Waals surface area contributed by atoms with Gasteiger partial charge in [0, 0.05) is 6.07 Å². The van der Waals surface area contributed by atoms with Gasteiger partial charge in [0.25, 0.3) is 17.4 Å². The highest BCUT2D eigenvalue weighted by Gasteiger charge is 2.31. The summed E-state index contributed by atoms with van der Waals surface area (Å²) in [4.78, 5) is 23.3. The fourth-order valence-electron chi connectivity index (χ4n) is 1.12. The van der Waals surface area contributed by atoms with Crippen LogP contribution in [0.15, 0.2) is 6.07 Å². The molecule has 0 N–H and O–H groups in total. The van der Waals surface area contributed by atoms with Crippen LogP contribution in [0.1, 0.15) is 28.0 Å². The molecule has 0 aliphatic heterocycles. The van der Waals surface area contributed by atoms with E-state index in [9.17, 15) is 23.7 Å². The summed E-state index contributed by atoms with van der Waals surface area (Å²) in [6, 6.07) is 2.10. The molecule has 1 aromatic heterocycles. The first-order chi connectivity index (χ1) is 7.88. The van der Waals surface area contributed by atoms with Crippen LogP contribution in [-0.4, -0.2) is 15.1 Å². The Hall–Kier alpha value is -2.14. The highest BCUT2D eigenvalue weighted by Crippen LogP contribution is 2.31. The molecule has 0 atom stereocenters. The number of hydrogen-bond donors (Lipinski definition) is 0. The van der Waals surface area contributed by atoms with Crippen molar-refractivity contribution in [3.05, 3.63) is 33.0 Å². The van der Waals surface area contributed by atoms with Crippen molar-refractivity contribution >= 4 is 22.7 Å². The van der Waals surface area contributed by atoms with Crippen LogP contribution in [0.25, 0.3) is 0 Å². The average Bonchev–Trinajstić information content (AvgIpc) is 2.26. The molecule has 0 radical (unpaired) electrons. The maximum absolute atomic E-state index is 12.6. The molecule has 6 nitrogen and oxygen atoms in total. The Bertz CT molecular complexity index is 506. The molecule has 0 aliphatic carbocycles. The van der Waals surface area contributed by atoms with E-state index in [4.69, 9.17) is 16.9 Å². The lowest BCUT2D eigenvalue weighted by Crippen LogP contribution is -2.07. The summed E-state index contributed by atoms with van der Waals surface area (Å²) < 4.78 is 25.2. The second-order valence-corrected chi connectivity index (χ2v) is 3.08. The van der Waals surface area contributed by atoms with E-state index in [1.165, 1.54) is 6.07 Å². The van der Waals surface area contributed by atoms with Crippen molar-refractivity contribution in [3.8, 4) is 6.07 Å². The summed E-state index contributed by atoms with van der Waals surface area (Å²) in [5.74, 6) is -1.25. The minimum absolute atomic E-state index is 0.537. The van der Waals surface area contributed by atoms with Crippen LogP contribution in [0.3, 0.4) is 0 Å². The summed E-state index contributed by atoms with van der Waals surface area (Å²) in [6.45, 7) is 0. The first kappa shape index (κ1) is 12.9. The zero-order valence-corrected chi connectivity index (χ0v) is 8.61. The topological polar surface area (TPSA) is 96.9 Å². The molecule has 88 valence electrons. The van der Waals surface area contributed by atoms with E-state index in [1.807, 2.05) is 0 Å². The van der Waals surface area contributed by atoms with Crippen LogP contribution in [0, 0.1) is 21.4 Å². The quantitative estimate of drug-likeness (QED) is 0.472. The first-order valence-corrected chi connectivity index (χ1v) is 4.33. The van der Waals surface area contributed by atoms with Crippen molar-refractivity contribution in [1.29, 1.82) is 5.26 Å². The third-order valence-electron chi connectivity index (χ3n) is 1.76. The lowest BCUT2D eigenvalue weighted by molar-refractivity contribution is -0.391. The summed E-state index contributed by atoms with van der Waals surface area (Å²) in [6.07, 6.45) is -3.30. The van der Waals surface area contributed by atoms with E-state index in [-0.39, 0.29) is 0 Å². The van der Waals surface area contributed by atoms with E-state index in [1.54, 1.807) is 0 Å². The number of nitrogens with zero attached hydrogens (tertiary/aromatic N) is 3. The zero-order valence-electron chi connectivity index (χ0n) is 7.85. The predicted octanol–water partition coefficient (Wildman–Crippen LogP) is 2.18. The molecule has 0 fully saturated rings. The fraction of sp³-hybridized carbons (Fsp3) is 0.125. The number of pyridine rings is 1. The molecule has 1 rings (SSSR count). The molecule has 0 amide bonds. The number of alkyl halides is 2. The SMILES string of the molecule is N#Cc1cc(C(=O)Cl)c(C(F)F)c([N+](=O)[O-])n1. The number of nitriles is 1. The van der Waals surface area contributed by atoms with E-state index in [2.05, 4.69) is 4.98 Å². The summed E-state index contributed by atoms with van der Waals surface area (Å²) in [5.41, 5.74) is -2.51. The molecule has 0 aliphatic rings. The predicted molar refractivity (Wildman–Crippen MR) is 50.7 cm³/mol. The zero-order chi connectivity index (χ0) is 13.2. The number of carbonyl (C=O) groups is 1. The van der Waals surface area contributed by atoms with Gasteiger partial charge in [-0.15, -0.1) is 0 Å². The number of hydrogen-bond acceptors (Lipinski definition) is 5. The molecule has 0 spiro atoms. The second kappa shape index (κ2) is 4.80. The van der Waals surface area contributed by atoms with Gasteiger partial charge in [-0.05, 0) is 21.5 Å². The fourth-order valence-corrected chi connectivity index (χ4v) is 1.27. The van der Waals surface area contributed by atoms with Gasteiger partial charge in [0.05, 0.1) is 5.56 Å². The van der Waals surface area contributed by atoms with Gasteiger partial charge < -0.3 is 10.1 Å². The number of carbonyl (C=O) groups excluding carboxylic acids is 1. The normalized spacial score (nSPS) is 10.1. The smallest absolute Gasteiger partial charge is 0.358 e. The summed E-state index contributed by atoms with van der Waals surface area (Å²) >= 11 is 5.03. The van der Waals surface area contributed by atoms with Gasteiger partial charge in [-0.1, -0.05) is 0 Å². The van der Waals surface area contributed by atoms with Crippen molar-refractivity contribution in [3.63, 3.8) is 0 Å². The Labute approximate surface area is 97.6 Å². The average molecular weight is 262 g/mol. The minimum atomic E-state index is -3.30. The molecular formula is C8H2ClF2N3O3. The van der Waals surface area contributed by atoms with Crippen LogP contribution in [0.5, 0.6) is 0 Å². The highest BCUT2D eigenvalue weighted by molar-refractivity contribution is 6.68. The molecule has 0 unspecified atom stereocenters. The Morgan fingerprint density at radius 3 is 2.59 bits per heavy atom. The Morgan fingerprint density at radius 2 is 2.24 bits per heavy atom. The molecule has 1 aromatic rings. The molecule has 0 saturated carbocycles. The lowest BCUT2D eigenvalue weighted by Gasteiger charge is -2.05. The van der Waals surface area contributed by atoms with Crippen molar-refractivity contribution in [2.45, 2.75) is 6.43 Å². The standard InChI is InChI=1S/C8H2ClF2N3O3/c9-6(15)4-1-3(2-12)13-8(14(16)17)5(4)7(10)11/h1,7H. The number of halogens is 3. The van der Waals surface area contributed by atoms with Crippen molar-refractivity contribution in [2.24, 2.45) is 0 Å². The van der Waals surface area contributed by atoms with Crippen LogP contribution in [0.4, 0.5) is 14.6 Å². The Balaban J connectivity index is 3.69. The van der Waals surface area contributed by atoms with Gasteiger partial charge in [-0.25, -0.2) is 8.78 Å². The van der Waals surface area contributed by atoms with Crippen molar-refractivity contribution in [1.82, 2.24) is 4.98 Å². The van der Waals surface area contributed by atoms with Crippen LogP contribution >= 0.6 is 11.6 Å². The van der Waals surface area contributed by atoms with Gasteiger partial charge in [0.1, 0.15) is 11.6 Å². The summed E-state index contributed by atoms with van der Waals surface area (Å²) in [5, 5.41) is 17.7. The first-order valence-electron chi connectivity index (χ1n) is 3.96. The van der Waals surface area contributed by atoms with Gasteiger partial charge in [-0.2, -0.15) is 5.26 Å². The minimum Gasteiger partial charge on any atom is -0.358 e. The number of aromatic nitrogens is 1. The Kier molecular flexibility index (Phi) is 3.65. The number of nitro groups is 1. The monoisotopic (exact) mass is 261 g/mol. The second-order valence-electron chi connectivity index (χ2n) is 2.74. The van der Waals surface area contributed by atoms with Crippen LogP contribution in [-0.2, 0) is 0 Å². The number of rotatable bonds is 3.